The van der Waals surface area contributed by atoms with E-state index in [0.29, 0.717) is 48.7 Å². The Labute approximate surface area is 198 Å². The summed E-state index contributed by atoms with van der Waals surface area (Å²) in [5, 5.41) is 11.4. The second-order valence-electron chi connectivity index (χ2n) is 12.1. The van der Waals surface area contributed by atoms with Gasteiger partial charge in [-0.15, -0.1) is 0 Å². The van der Waals surface area contributed by atoms with Gasteiger partial charge in [0.2, 0.25) is 0 Å². The Balaban J connectivity index is 1.70. The Morgan fingerprint density at radius 3 is 2.42 bits per heavy atom. The van der Waals surface area contributed by atoms with E-state index in [1.807, 2.05) is 0 Å². The molecule has 0 aromatic rings. The number of ketones is 1. The molecule has 33 heavy (non-hydrogen) atoms. The van der Waals surface area contributed by atoms with Gasteiger partial charge < -0.3 is 14.6 Å². The first-order chi connectivity index (χ1) is 15.4. The van der Waals surface area contributed by atoms with E-state index in [1.165, 1.54) is 13.8 Å². The smallest absolute Gasteiger partial charge is 0.302 e. The SMILES string of the molecule is CC(=O)OC(C)C(O)C1CC(OC(C)=O)[C@@]2(C)CC[C@@H]3[C@@H](CCC4CC(=O)CC(C)[C@@]43C)[C@H]12. The maximum absolute atomic E-state index is 12.4. The lowest BCUT2D eigenvalue weighted by Gasteiger charge is -2.62. The number of aliphatic hydroxyl groups excluding tert-OH is 1. The summed E-state index contributed by atoms with van der Waals surface area (Å²) >= 11 is 0. The fourth-order valence-electron chi connectivity index (χ4n) is 9.02. The third kappa shape index (κ3) is 3.94. The molecule has 186 valence electrons. The molecule has 4 rings (SSSR count). The zero-order valence-electron chi connectivity index (χ0n) is 21.1. The number of aliphatic hydroxyl groups is 1. The predicted octanol–water partition coefficient (Wildman–Crippen LogP) is 4.31. The number of rotatable bonds is 4. The molecule has 0 radical (unpaired) electrons. The van der Waals surface area contributed by atoms with Gasteiger partial charge in [0, 0.05) is 32.1 Å². The van der Waals surface area contributed by atoms with Gasteiger partial charge in [-0.1, -0.05) is 20.8 Å². The lowest BCUT2D eigenvalue weighted by atomic mass is 9.42. The molecule has 4 saturated carbocycles. The molecule has 0 amide bonds. The van der Waals surface area contributed by atoms with Crippen LogP contribution in [0.5, 0.6) is 0 Å². The standard InChI is InChI=1S/C27H42O6/c1-14-11-19(30)12-18-7-8-20-22(27(14,18)6)9-10-26(5)23(33-17(4)29)13-21(24(20)26)25(31)15(2)32-16(3)28/h14-15,18,20-25,31H,7-13H2,1-6H3/t14?,15?,18?,20-,21?,22-,23?,24-,25?,26-,27+/m1/s1. The maximum Gasteiger partial charge on any atom is 0.302 e. The second kappa shape index (κ2) is 8.66. The Morgan fingerprint density at radius 1 is 1.09 bits per heavy atom. The van der Waals surface area contributed by atoms with Gasteiger partial charge in [0.1, 0.15) is 18.0 Å². The van der Waals surface area contributed by atoms with Crippen LogP contribution in [-0.2, 0) is 23.9 Å². The molecule has 4 aliphatic carbocycles. The number of esters is 2. The molecule has 6 unspecified atom stereocenters. The van der Waals surface area contributed by atoms with Crippen molar-refractivity contribution in [2.24, 2.45) is 46.3 Å². The lowest BCUT2D eigenvalue weighted by Crippen LogP contribution is -2.58. The zero-order chi connectivity index (χ0) is 24.3. The number of hydrogen-bond acceptors (Lipinski definition) is 6. The van der Waals surface area contributed by atoms with E-state index in [1.54, 1.807) is 6.92 Å². The quantitative estimate of drug-likeness (QED) is 0.626. The maximum atomic E-state index is 12.4. The van der Waals surface area contributed by atoms with E-state index in [0.717, 1.165) is 25.7 Å². The number of carbonyl (C=O) groups is 3. The van der Waals surface area contributed by atoms with E-state index in [9.17, 15) is 19.5 Å². The largest absolute Gasteiger partial charge is 0.462 e. The highest BCUT2D eigenvalue weighted by molar-refractivity contribution is 5.80. The van der Waals surface area contributed by atoms with E-state index >= 15 is 0 Å². The molecule has 4 aliphatic rings. The van der Waals surface area contributed by atoms with Gasteiger partial charge in [-0.25, -0.2) is 0 Å². The molecule has 0 spiro atoms. The molecule has 0 aromatic carbocycles. The summed E-state index contributed by atoms with van der Waals surface area (Å²) in [6.07, 6.45) is 4.45. The Bertz CT molecular complexity index is 808. The average Bonchev–Trinajstić information content (AvgIpc) is 3.00. The van der Waals surface area contributed by atoms with Gasteiger partial charge in [0.05, 0.1) is 6.10 Å². The van der Waals surface area contributed by atoms with Crippen molar-refractivity contribution in [3.05, 3.63) is 0 Å². The summed E-state index contributed by atoms with van der Waals surface area (Å²) < 4.78 is 11.3. The Hall–Kier alpha value is -1.43. The van der Waals surface area contributed by atoms with Gasteiger partial charge in [-0.2, -0.15) is 0 Å². The topological polar surface area (TPSA) is 89.9 Å². The van der Waals surface area contributed by atoms with Gasteiger partial charge in [0.25, 0.3) is 0 Å². The molecule has 0 heterocycles. The highest BCUT2D eigenvalue weighted by Crippen LogP contribution is 2.69. The Morgan fingerprint density at radius 2 is 1.79 bits per heavy atom. The van der Waals surface area contributed by atoms with Crippen molar-refractivity contribution in [2.45, 2.75) is 105 Å². The second-order valence-corrected chi connectivity index (χ2v) is 12.1. The first kappa shape index (κ1) is 24.7. The van der Waals surface area contributed by atoms with E-state index < -0.39 is 18.2 Å². The van der Waals surface area contributed by atoms with Crippen LogP contribution in [0.4, 0.5) is 0 Å². The van der Waals surface area contributed by atoms with Gasteiger partial charge in [-0.05, 0) is 80.0 Å². The highest BCUT2D eigenvalue weighted by Gasteiger charge is 2.66. The highest BCUT2D eigenvalue weighted by atomic mass is 16.6. The molecule has 0 aliphatic heterocycles. The van der Waals surface area contributed by atoms with Gasteiger partial charge in [0.15, 0.2) is 0 Å². The van der Waals surface area contributed by atoms with Crippen LogP contribution in [0, 0.1) is 46.3 Å². The fraction of sp³-hybridized carbons (Fsp3) is 0.889. The first-order valence-corrected chi connectivity index (χ1v) is 12.9. The average molecular weight is 463 g/mol. The molecular weight excluding hydrogens is 420 g/mol. The van der Waals surface area contributed by atoms with Crippen molar-refractivity contribution in [2.75, 3.05) is 0 Å². The number of hydrogen-bond donors (Lipinski definition) is 1. The normalized spacial score (nSPS) is 46.4. The monoisotopic (exact) mass is 462 g/mol. The molecule has 6 nitrogen and oxygen atoms in total. The van der Waals surface area contributed by atoms with Crippen molar-refractivity contribution in [1.29, 1.82) is 0 Å². The first-order valence-electron chi connectivity index (χ1n) is 12.9. The third-order valence-corrected chi connectivity index (χ3v) is 10.6. The van der Waals surface area contributed by atoms with Crippen LogP contribution in [0.25, 0.3) is 0 Å². The lowest BCUT2D eigenvalue weighted by molar-refractivity contribution is -0.174. The van der Waals surface area contributed by atoms with E-state index in [2.05, 4.69) is 20.8 Å². The van der Waals surface area contributed by atoms with Crippen molar-refractivity contribution in [3.63, 3.8) is 0 Å². The summed E-state index contributed by atoms with van der Waals surface area (Å²) in [7, 11) is 0. The van der Waals surface area contributed by atoms with Crippen LogP contribution >= 0.6 is 0 Å². The van der Waals surface area contributed by atoms with Crippen molar-refractivity contribution >= 4 is 17.7 Å². The van der Waals surface area contributed by atoms with Crippen LogP contribution in [-0.4, -0.2) is 41.1 Å². The van der Waals surface area contributed by atoms with E-state index in [4.69, 9.17) is 9.47 Å². The number of fused-ring (bicyclic) bond motifs is 5. The zero-order valence-corrected chi connectivity index (χ0v) is 21.1. The molecule has 4 fully saturated rings. The van der Waals surface area contributed by atoms with Crippen LogP contribution in [0.1, 0.15) is 86.5 Å². The fourth-order valence-corrected chi connectivity index (χ4v) is 9.02. The van der Waals surface area contributed by atoms with Crippen molar-refractivity contribution in [3.8, 4) is 0 Å². The summed E-state index contributed by atoms with van der Waals surface area (Å²) in [5.74, 6) is 1.53. The number of Topliss-reactive ketones (excluding diaryl/α,β-unsaturated/α-hetero) is 1. The molecule has 6 heteroatoms. The molecule has 1 N–H and O–H groups in total. The molecule has 0 aromatic heterocycles. The van der Waals surface area contributed by atoms with E-state index in [-0.39, 0.29) is 34.7 Å². The van der Waals surface area contributed by atoms with Crippen LogP contribution < -0.4 is 0 Å². The molecule has 0 bridgehead atoms. The van der Waals surface area contributed by atoms with Crippen LogP contribution in [0.2, 0.25) is 0 Å². The van der Waals surface area contributed by atoms with Crippen molar-refractivity contribution in [1.82, 2.24) is 0 Å². The molecule has 0 saturated heterocycles. The van der Waals surface area contributed by atoms with Crippen LogP contribution in [0.3, 0.4) is 0 Å². The minimum atomic E-state index is -0.798. The van der Waals surface area contributed by atoms with Crippen molar-refractivity contribution < 1.29 is 29.0 Å². The van der Waals surface area contributed by atoms with Crippen LogP contribution in [0.15, 0.2) is 0 Å². The number of carbonyl (C=O) groups excluding carboxylic acids is 3. The third-order valence-electron chi connectivity index (χ3n) is 10.6. The van der Waals surface area contributed by atoms with Gasteiger partial charge >= 0.3 is 11.9 Å². The van der Waals surface area contributed by atoms with Gasteiger partial charge in [-0.3, -0.25) is 14.4 Å². The minimum Gasteiger partial charge on any atom is -0.462 e. The Kier molecular flexibility index (Phi) is 6.48. The summed E-state index contributed by atoms with van der Waals surface area (Å²) in [6, 6.07) is 0. The summed E-state index contributed by atoms with van der Waals surface area (Å²) in [5.41, 5.74) is -0.0833. The summed E-state index contributed by atoms with van der Waals surface area (Å²) in [4.78, 5) is 36.0. The predicted molar refractivity (Wildman–Crippen MR) is 123 cm³/mol. The summed E-state index contributed by atoms with van der Waals surface area (Å²) in [6.45, 7) is 11.5. The molecule has 11 atom stereocenters. The minimum absolute atomic E-state index is 0.0952. The molecular formula is C27H42O6. The number of ether oxygens (including phenoxy) is 2.